The number of hydrogen-bond acceptors (Lipinski definition) is 5. The molecule has 2 aromatic rings. The summed E-state index contributed by atoms with van der Waals surface area (Å²) < 4.78 is 27.8. The minimum absolute atomic E-state index is 0.174. The number of thiophene rings is 1. The minimum atomic E-state index is -3.25. The van der Waals surface area contributed by atoms with E-state index < -0.39 is 9.84 Å². The molecule has 1 aromatic carbocycles. The van der Waals surface area contributed by atoms with E-state index in [9.17, 15) is 13.2 Å². The normalized spacial score (nSPS) is 11.3. The van der Waals surface area contributed by atoms with Crippen molar-refractivity contribution in [2.45, 2.75) is 4.90 Å². The van der Waals surface area contributed by atoms with Crippen LogP contribution in [-0.2, 0) is 9.84 Å². The largest absolute Gasteiger partial charge is 0.495 e. The molecule has 0 spiro atoms. The fourth-order valence-corrected chi connectivity index (χ4v) is 3.06. The smallest absolute Gasteiger partial charge is 0.206 e. The van der Waals surface area contributed by atoms with Gasteiger partial charge >= 0.3 is 0 Å². The fourth-order valence-electron chi connectivity index (χ4n) is 1.61. The topological polar surface area (TPSA) is 60.4 Å². The van der Waals surface area contributed by atoms with E-state index in [1.165, 1.54) is 42.7 Å². The Morgan fingerprint density at radius 1 is 1.16 bits per heavy atom. The Labute approximate surface area is 115 Å². The molecule has 6 heteroatoms. The Balaban J connectivity index is 2.36. The van der Waals surface area contributed by atoms with Crippen LogP contribution in [0.15, 0.2) is 40.6 Å². The Hall–Kier alpha value is -1.66. The quantitative estimate of drug-likeness (QED) is 0.813. The molecular weight excluding hydrogens is 284 g/mol. The highest BCUT2D eigenvalue weighted by Gasteiger charge is 2.16. The molecule has 100 valence electrons. The van der Waals surface area contributed by atoms with Crippen LogP contribution in [0.5, 0.6) is 5.75 Å². The Kier molecular flexibility index (Phi) is 3.73. The summed E-state index contributed by atoms with van der Waals surface area (Å²) >= 11 is 1.29. The van der Waals surface area contributed by atoms with E-state index in [1.54, 1.807) is 11.4 Å². The van der Waals surface area contributed by atoms with Gasteiger partial charge in [-0.15, -0.1) is 11.3 Å². The molecule has 0 saturated heterocycles. The summed E-state index contributed by atoms with van der Waals surface area (Å²) in [5, 5.41) is 1.77. The van der Waals surface area contributed by atoms with Gasteiger partial charge < -0.3 is 4.74 Å². The van der Waals surface area contributed by atoms with Gasteiger partial charge in [-0.05, 0) is 35.7 Å². The maximum Gasteiger partial charge on any atom is 0.206 e. The van der Waals surface area contributed by atoms with Crippen molar-refractivity contribution in [2.24, 2.45) is 0 Å². The molecule has 19 heavy (non-hydrogen) atoms. The first-order valence-corrected chi connectivity index (χ1v) is 8.17. The second kappa shape index (κ2) is 5.14. The van der Waals surface area contributed by atoms with Crippen molar-refractivity contribution in [3.05, 3.63) is 46.2 Å². The van der Waals surface area contributed by atoms with E-state index in [4.69, 9.17) is 4.74 Å². The van der Waals surface area contributed by atoms with Crippen molar-refractivity contribution >= 4 is 27.0 Å². The molecule has 1 aromatic heterocycles. The van der Waals surface area contributed by atoms with E-state index in [2.05, 4.69) is 0 Å². The maximum atomic E-state index is 12.2. The molecule has 0 N–H and O–H groups in total. The summed E-state index contributed by atoms with van der Waals surface area (Å²) in [6.45, 7) is 0. The summed E-state index contributed by atoms with van der Waals surface area (Å²) in [7, 11) is -1.74. The molecule has 0 radical (unpaired) electrons. The molecule has 0 saturated carbocycles. The number of benzene rings is 1. The van der Waals surface area contributed by atoms with E-state index >= 15 is 0 Å². The van der Waals surface area contributed by atoms with Crippen LogP contribution in [-0.4, -0.2) is 27.6 Å². The lowest BCUT2D eigenvalue weighted by atomic mass is 10.1. The van der Waals surface area contributed by atoms with Gasteiger partial charge in [-0.25, -0.2) is 8.42 Å². The molecule has 1 heterocycles. The summed E-state index contributed by atoms with van der Waals surface area (Å²) in [5.74, 6) is 0.356. The number of hydrogen-bond donors (Lipinski definition) is 0. The number of carbonyl (C=O) groups is 1. The first-order chi connectivity index (χ1) is 8.93. The van der Waals surface area contributed by atoms with Gasteiger partial charge in [0.1, 0.15) is 10.6 Å². The number of carbonyl (C=O) groups excluding carboxylic acids is 1. The first-order valence-electron chi connectivity index (χ1n) is 5.40. The van der Waals surface area contributed by atoms with Crippen LogP contribution in [0.25, 0.3) is 0 Å². The molecule has 0 fully saturated rings. The highest BCUT2D eigenvalue weighted by molar-refractivity contribution is 7.90. The average molecular weight is 296 g/mol. The van der Waals surface area contributed by atoms with Crippen molar-refractivity contribution in [1.82, 2.24) is 0 Å². The molecule has 0 unspecified atom stereocenters. The summed E-state index contributed by atoms with van der Waals surface area (Å²) in [5.41, 5.74) is 0.438. The third kappa shape index (κ3) is 2.85. The third-order valence-corrected chi connectivity index (χ3v) is 4.62. The number of ether oxygens (including phenoxy) is 1. The molecule has 0 atom stereocenters. The highest BCUT2D eigenvalue weighted by atomic mass is 32.2. The van der Waals surface area contributed by atoms with Crippen molar-refractivity contribution in [2.75, 3.05) is 13.4 Å². The zero-order valence-electron chi connectivity index (χ0n) is 10.4. The molecule has 0 amide bonds. The Morgan fingerprint density at radius 3 is 2.32 bits per heavy atom. The SMILES string of the molecule is COc1ccsc1C(=O)c1ccc(S(C)(=O)=O)cc1. The Bertz CT molecular complexity index is 696. The van der Waals surface area contributed by atoms with Gasteiger partial charge in [0, 0.05) is 11.8 Å². The lowest BCUT2D eigenvalue weighted by Crippen LogP contribution is -2.02. The van der Waals surface area contributed by atoms with Crippen molar-refractivity contribution in [3.63, 3.8) is 0 Å². The predicted molar refractivity (Wildman–Crippen MR) is 73.9 cm³/mol. The van der Waals surface area contributed by atoms with Gasteiger partial charge in [0.2, 0.25) is 5.78 Å². The average Bonchev–Trinajstić information content (AvgIpc) is 2.85. The number of sulfone groups is 1. The van der Waals surface area contributed by atoms with Crippen LogP contribution in [0.1, 0.15) is 15.2 Å². The summed E-state index contributed by atoms with van der Waals surface area (Å²) in [6.07, 6.45) is 1.13. The van der Waals surface area contributed by atoms with Crippen LogP contribution in [0.4, 0.5) is 0 Å². The lowest BCUT2D eigenvalue weighted by molar-refractivity contribution is 0.104. The van der Waals surface area contributed by atoms with Crippen LogP contribution in [0, 0.1) is 0 Å². The van der Waals surface area contributed by atoms with Crippen LogP contribution >= 0.6 is 11.3 Å². The molecule has 4 nitrogen and oxygen atoms in total. The highest BCUT2D eigenvalue weighted by Crippen LogP contribution is 2.27. The molecular formula is C13H12O4S2. The van der Waals surface area contributed by atoms with Crippen LogP contribution in [0.3, 0.4) is 0 Å². The Morgan fingerprint density at radius 2 is 1.79 bits per heavy atom. The second-order valence-corrected chi connectivity index (χ2v) is 6.88. The summed E-state index contributed by atoms with van der Waals surface area (Å²) in [6, 6.07) is 7.61. The maximum absolute atomic E-state index is 12.2. The van der Waals surface area contributed by atoms with E-state index in [-0.39, 0.29) is 10.7 Å². The van der Waals surface area contributed by atoms with Crippen LogP contribution < -0.4 is 4.74 Å². The minimum Gasteiger partial charge on any atom is -0.495 e. The van der Waals surface area contributed by atoms with Crippen LogP contribution in [0.2, 0.25) is 0 Å². The molecule has 0 aliphatic heterocycles. The standard InChI is InChI=1S/C13H12O4S2/c1-17-11-7-8-18-13(11)12(14)9-3-5-10(6-4-9)19(2,15)16/h3-8H,1-2H3. The molecule has 0 bridgehead atoms. The van der Waals surface area contributed by atoms with Gasteiger partial charge in [-0.1, -0.05) is 0 Å². The zero-order valence-corrected chi connectivity index (χ0v) is 12.0. The third-order valence-electron chi connectivity index (χ3n) is 2.60. The molecule has 0 aliphatic carbocycles. The number of ketones is 1. The zero-order chi connectivity index (χ0) is 14.0. The fraction of sp³-hybridized carbons (Fsp3) is 0.154. The molecule has 2 rings (SSSR count). The monoisotopic (exact) mass is 296 g/mol. The van der Waals surface area contributed by atoms with E-state index in [0.29, 0.717) is 16.2 Å². The first kappa shape index (κ1) is 13.8. The number of rotatable bonds is 4. The predicted octanol–water partition coefficient (Wildman–Crippen LogP) is 2.39. The number of methoxy groups -OCH3 is 1. The van der Waals surface area contributed by atoms with Gasteiger partial charge in [0.15, 0.2) is 9.84 Å². The van der Waals surface area contributed by atoms with Gasteiger partial charge in [-0.3, -0.25) is 4.79 Å². The molecule has 0 aliphatic rings. The van der Waals surface area contributed by atoms with Gasteiger partial charge in [0.05, 0.1) is 12.0 Å². The second-order valence-electron chi connectivity index (χ2n) is 3.94. The summed E-state index contributed by atoms with van der Waals surface area (Å²) in [4.78, 5) is 12.9. The lowest BCUT2D eigenvalue weighted by Gasteiger charge is -2.03. The van der Waals surface area contributed by atoms with Crippen molar-refractivity contribution in [1.29, 1.82) is 0 Å². The van der Waals surface area contributed by atoms with E-state index in [0.717, 1.165) is 6.26 Å². The van der Waals surface area contributed by atoms with Crippen molar-refractivity contribution < 1.29 is 17.9 Å². The van der Waals surface area contributed by atoms with Crippen molar-refractivity contribution in [3.8, 4) is 5.75 Å². The van der Waals surface area contributed by atoms with E-state index in [1.807, 2.05) is 0 Å². The van der Waals surface area contributed by atoms with Gasteiger partial charge in [-0.2, -0.15) is 0 Å². The van der Waals surface area contributed by atoms with Gasteiger partial charge in [0.25, 0.3) is 0 Å².